The monoisotopic (exact) mass is 383 g/mol. The highest BCUT2D eigenvalue weighted by Crippen LogP contribution is 2.21. The van der Waals surface area contributed by atoms with Gasteiger partial charge in [0.15, 0.2) is 0 Å². The Bertz CT molecular complexity index is 314. The smallest absolute Gasteiger partial charge is 0.306 e. The zero-order valence-electron chi connectivity index (χ0n) is 18.5. The fraction of sp³-hybridized carbons (Fsp3) is 0.958. The summed E-state index contributed by atoms with van der Waals surface area (Å²) in [6.07, 6.45) is 27.3. The van der Waals surface area contributed by atoms with E-state index in [4.69, 9.17) is 4.74 Å². The number of unbranched alkanes of at least 4 members (excludes halogenated alkanes) is 14. The first-order valence-corrected chi connectivity index (χ1v) is 12.0. The second kappa shape index (κ2) is 20.2. The molecule has 0 aliphatic heterocycles. The highest BCUT2D eigenvalue weighted by molar-refractivity contribution is 5.69. The van der Waals surface area contributed by atoms with Gasteiger partial charge in [0.1, 0.15) is 6.10 Å². The summed E-state index contributed by atoms with van der Waals surface area (Å²) in [4.78, 5) is 11.8. The molecule has 1 aliphatic carbocycles. The van der Waals surface area contributed by atoms with E-state index in [0.717, 1.165) is 19.3 Å². The summed E-state index contributed by atoms with van der Waals surface area (Å²) in [5.41, 5.74) is 0. The van der Waals surface area contributed by atoms with Crippen LogP contribution in [0.25, 0.3) is 0 Å². The zero-order valence-corrected chi connectivity index (χ0v) is 18.5. The molecule has 0 bridgehead atoms. The van der Waals surface area contributed by atoms with Crippen LogP contribution in [-0.4, -0.2) is 12.1 Å². The molecule has 0 heterocycles. The first-order chi connectivity index (χ1) is 12.8. The molecular formula is C24H49NO2. The van der Waals surface area contributed by atoms with Crippen LogP contribution in [0.2, 0.25) is 0 Å². The van der Waals surface area contributed by atoms with Crippen molar-refractivity contribution in [3.63, 3.8) is 0 Å². The van der Waals surface area contributed by atoms with Gasteiger partial charge in [-0.2, -0.15) is 0 Å². The molecule has 0 aromatic heterocycles. The van der Waals surface area contributed by atoms with Crippen molar-refractivity contribution < 1.29 is 9.53 Å². The second-order valence-electron chi connectivity index (χ2n) is 8.45. The van der Waals surface area contributed by atoms with Gasteiger partial charge < -0.3 is 10.9 Å². The van der Waals surface area contributed by atoms with Crippen molar-refractivity contribution in [1.82, 2.24) is 6.15 Å². The number of esters is 1. The fourth-order valence-electron chi connectivity index (χ4n) is 4.07. The topological polar surface area (TPSA) is 61.3 Å². The number of hydrogen-bond acceptors (Lipinski definition) is 3. The van der Waals surface area contributed by atoms with E-state index in [9.17, 15) is 4.79 Å². The van der Waals surface area contributed by atoms with Crippen LogP contribution in [0.1, 0.15) is 142 Å². The van der Waals surface area contributed by atoms with Gasteiger partial charge in [0.2, 0.25) is 0 Å². The van der Waals surface area contributed by atoms with Gasteiger partial charge >= 0.3 is 5.97 Å². The Kier molecular flexibility index (Phi) is 19.7. The predicted molar refractivity (Wildman–Crippen MR) is 118 cm³/mol. The summed E-state index contributed by atoms with van der Waals surface area (Å²) in [5, 5.41) is 0. The number of ether oxygens (including phenoxy) is 1. The lowest BCUT2D eigenvalue weighted by molar-refractivity contribution is -0.150. The molecule has 3 N–H and O–H groups in total. The lowest BCUT2D eigenvalue weighted by atomic mass is 9.98. The maximum atomic E-state index is 11.8. The molecule has 1 saturated carbocycles. The molecule has 0 spiro atoms. The Labute approximate surface area is 170 Å². The molecule has 0 amide bonds. The van der Waals surface area contributed by atoms with E-state index < -0.39 is 0 Å². The molecule has 162 valence electrons. The highest BCUT2D eigenvalue weighted by atomic mass is 16.5. The molecule has 1 rings (SSSR count). The third kappa shape index (κ3) is 17.3. The molecule has 0 aromatic rings. The van der Waals surface area contributed by atoms with E-state index in [1.54, 1.807) is 0 Å². The summed E-state index contributed by atoms with van der Waals surface area (Å²) in [5.74, 6) is 0.0478. The molecule has 1 aliphatic rings. The van der Waals surface area contributed by atoms with Gasteiger partial charge in [-0.25, -0.2) is 0 Å². The molecule has 0 aromatic carbocycles. The van der Waals surface area contributed by atoms with Crippen LogP contribution in [0.3, 0.4) is 0 Å². The van der Waals surface area contributed by atoms with Gasteiger partial charge in [0.25, 0.3) is 0 Å². The van der Waals surface area contributed by atoms with E-state index in [2.05, 4.69) is 6.92 Å². The molecule has 3 heteroatoms. The minimum atomic E-state index is 0. The Morgan fingerprint density at radius 3 is 1.52 bits per heavy atom. The first-order valence-electron chi connectivity index (χ1n) is 12.0. The quantitative estimate of drug-likeness (QED) is 0.203. The summed E-state index contributed by atoms with van der Waals surface area (Å²) < 4.78 is 5.57. The third-order valence-electron chi connectivity index (χ3n) is 5.83. The number of carbonyl (C=O) groups excluding carboxylic acids is 1. The highest BCUT2D eigenvalue weighted by Gasteiger charge is 2.17. The molecule has 0 saturated heterocycles. The fourth-order valence-corrected chi connectivity index (χ4v) is 4.07. The average molecular weight is 384 g/mol. The summed E-state index contributed by atoms with van der Waals surface area (Å²) in [7, 11) is 0. The van der Waals surface area contributed by atoms with E-state index in [1.165, 1.54) is 109 Å². The predicted octanol–water partition coefficient (Wildman–Crippen LogP) is 8.29. The summed E-state index contributed by atoms with van der Waals surface area (Å²) in [6.45, 7) is 2.28. The number of carbonyl (C=O) groups is 1. The minimum absolute atomic E-state index is 0. The second-order valence-corrected chi connectivity index (χ2v) is 8.45. The molecule has 0 atom stereocenters. The minimum Gasteiger partial charge on any atom is -0.462 e. The van der Waals surface area contributed by atoms with Gasteiger partial charge in [-0.1, -0.05) is 103 Å². The SMILES string of the molecule is CCCCCCCCCCCCCCCCCC(=O)OC1CCCCC1.N. The normalized spacial score (nSPS) is 14.7. The Hall–Kier alpha value is -0.570. The maximum Gasteiger partial charge on any atom is 0.306 e. The van der Waals surface area contributed by atoms with E-state index in [1.807, 2.05) is 0 Å². The maximum absolute atomic E-state index is 11.8. The Balaban J connectivity index is 0.00000676. The van der Waals surface area contributed by atoms with Crippen molar-refractivity contribution in [3.05, 3.63) is 0 Å². The van der Waals surface area contributed by atoms with Gasteiger partial charge in [0, 0.05) is 6.42 Å². The lowest BCUT2D eigenvalue weighted by Crippen LogP contribution is -2.20. The molecule has 1 fully saturated rings. The van der Waals surface area contributed by atoms with Crippen molar-refractivity contribution in [3.8, 4) is 0 Å². The van der Waals surface area contributed by atoms with Crippen LogP contribution in [0.15, 0.2) is 0 Å². The summed E-state index contributed by atoms with van der Waals surface area (Å²) in [6, 6.07) is 0. The average Bonchev–Trinajstić information content (AvgIpc) is 2.65. The van der Waals surface area contributed by atoms with E-state index in [-0.39, 0.29) is 18.2 Å². The molecule has 0 radical (unpaired) electrons. The van der Waals surface area contributed by atoms with Gasteiger partial charge in [0.05, 0.1) is 0 Å². The third-order valence-corrected chi connectivity index (χ3v) is 5.83. The Morgan fingerprint density at radius 1 is 0.667 bits per heavy atom. The number of rotatable bonds is 17. The van der Waals surface area contributed by atoms with E-state index in [0.29, 0.717) is 6.42 Å². The Morgan fingerprint density at radius 2 is 1.07 bits per heavy atom. The van der Waals surface area contributed by atoms with Crippen LogP contribution in [0.4, 0.5) is 0 Å². The van der Waals surface area contributed by atoms with Crippen molar-refractivity contribution in [2.45, 2.75) is 148 Å². The number of hydrogen-bond donors (Lipinski definition) is 1. The van der Waals surface area contributed by atoms with Crippen molar-refractivity contribution in [2.24, 2.45) is 0 Å². The van der Waals surface area contributed by atoms with Crippen LogP contribution < -0.4 is 6.15 Å². The van der Waals surface area contributed by atoms with Gasteiger partial charge in [-0.3, -0.25) is 4.79 Å². The molecular weight excluding hydrogens is 334 g/mol. The molecule has 0 unspecified atom stereocenters. The van der Waals surface area contributed by atoms with Gasteiger partial charge in [-0.15, -0.1) is 0 Å². The van der Waals surface area contributed by atoms with Crippen molar-refractivity contribution >= 4 is 5.97 Å². The van der Waals surface area contributed by atoms with E-state index >= 15 is 0 Å². The first kappa shape index (κ1) is 26.4. The van der Waals surface area contributed by atoms with Crippen molar-refractivity contribution in [1.29, 1.82) is 0 Å². The zero-order chi connectivity index (χ0) is 18.7. The van der Waals surface area contributed by atoms with Gasteiger partial charge in [-0.05, 0) is 32.1 Å². The molecule has 3 nitrogen and oxygen atoms in total. The lowest BCUT2D eigenvalue weighted by Gasteiger charge is -2.21. The van der Waals surface area contributed by atoms with Crippen molar-refractivity contribution in [2.75, 3.05) is 0 Å². The van der Waals surface area contributed by atoms with Crippen LogP contribution in [-0.2, 0) is 9.53 Å². The standard InChI is InChI=1S/C24H46O2.H3N/c1-2-3-4-5-6-7-8-9-10-11-12-13-14-15-19-22-24(25)26-23-20-17-16-18-21-23;/h23H,2-22H2,1H3;1H3. The summed E-state index contributed by atoms with van der Waals surface area (Å²) >= 11 is 0. The van der Waals surface area contributed by atoms with Crippen LogP contribution in [0.5, 0.6) is 0 Å². The van der Waals surface area contributed by atoms with Crippen LogP contribution >= 0.6 is 0 Å². The molecule has 27 heavy (non-hydrogen) atoms. The van der Waals surface area contributed by atoms with Crippen LogP contribution in [0, 0.1) is 0 Å². The largest absolute Gasteiger partial charge is 0.462 e.